The number of hydrogen-bond donors (Lipinski definition) is 3. The van der Waals surface area contributed by atoms with Crippen LogP contribution in [-0.2, 0) is 11.4 Å². The third-order valence-electron chi connectivity index (χ3n) is 5.12. The van der Waals surface area contributed by atoms with Crippen molar-refractivity contribution < 1.29 is 24.2 Å². The van der Waals surface area contributed by atoms with Crippen molar-refractivity contribution in [2.24, 2.45) is 5.92 Å². The molecule has 2 aromatic carbocycles. The monoisotopic (exact) mass is 427 g/mol. The maximum absolute atomic E-state index is 15.5. The minimum absolute atomic E-state index is 0. The van der Waals surface area contributed by atoms with E-state index in [9.17, 15) is 9.59 Å². The first-order valence-corrected chi connectivity index (χ1v) is 9.89. The molecule has 5 nitrogen and oxygen atoms in total. The summed E-state index contributed by atoms with van der Waals surface area (Å²) in [5, 5.41) is 21.4. The van der Waals surface area contributed by atoms with Crippen LogP contribution in [-0.4, -0.2) is 46.9 Å². The number of halogens is 2. The quantitative estimate of drug-likeness (QED) is 0.421. The Morgan fingerprint density at radius 3 is 2.37 bits per heavy atom. The van der Waals surface area contributed by atoms with E-state index in [1.54, 1.807) is 25.1 Å². The average molecular weight is 428 g/mol. The number of aliphatic hydroxyl groups is 1. The number of hydrogen-bond acceptors (Lipinski definition) is 4. The molecule has 2 aromatic rings. The van der Waals surface area contributed by atoms with E-state index in [1.165, 1.54) is 18.2 Å². The van der Waals surface area contributed by atoms with E-state index in [1.807, 2.05) is 0 Å². The number of carbonyl (C=O) groups is 2. The van der Waals surface area contributed by atoms with Gasteiger partial charge in [-0.05, 0) is 37.3 Å². The van der Waals surface area contributed by atoms with Crippen LogP contribution in [0.25, 0.3) is 0 Å². The van der Waals surface area contributed by atoms with Gasteiger partial charge in [-0.1, -0.05) is 41.9 Å². The van der Waals surface area contributed by atoms with Crippen molar-refractivity contribution in [1.29, 1.82) is 0 Å². The molecule has 1 aliphatic rings. The fourth-order valence-electron chi connectivity index (χ4n) is 3.46. The number of aliphatic hydroxyl groups excluding tert-OH is 1. The number of carboxylic acid groups (broad SMARTS) is 1. The molecule has 2 unspecified atom stereocenters. The second-order valence-corrected chi connectivity index (χ2v) is 7.90. The first-order valence-electron chi connectivity index (χ1n) is 9.52. The molecule has 156 valence electrons. The molecule has 0 bridgehead atoms. The van der Waals surface area contributed by atoms with E-state index in [0.717, 1.165) is 12.8 Å². The SMILES string of the molecule is CC(CC(=O)O)NC(c1ccc(Cl)c(C(=O)c2ccc(CO)cc2)c1F)C1CC1.[LiH]. The summed E-state index contributed by atoms with van der Waals surface area (Å²) in [5.74, 6) is -1.96. The van der Waals surface area contributed by atoms with Crippen LogP contribution in [0.3, 0.4) is 0 Å². The zero-order chi connectivity index (χ0) is 21.1. The number of rotatable bonds is 9. The van der Waals surface area contributed by atoms with Crippen LogP contribution in [0.5, 0.6) is 0 Å². The molecule has 0 aliphatic heterocycles. The zero-order valence-corrected chi connectivity index (χ0v) is 16.7. The van der Waals surface area contributed by atoms with Gasteiger partial charge in [-0.2, -0.15) is 0 Å². The zero-order valence-electron chi connectivity index (χ0n) is 16.0. The Labute approximate surface area is 191 Å². The second kappa shape index (κ2) is 10.6. The van der Waals surface area contributed by atoms with Crippen molar-refractivity contribution in [3.8, 4) is 0 Å². The molecule has 30 heavy (non-hydrogen) atoms. The van der Waals surface area contributed by atoms with Crippen molar-refractivity contribution >= 4 is 42.2 Å². The molecule has 1 saturated carbocycles. The van der Waals surface area contributed by atoms with E-state index in [-0.39, 0.29) is 66.0 Å². The van der Waals surface area contributed by atoms with E-state index < -0.39 is 17.6 Å². The van der Waals surface area contributed by atoms with Crippen molar-refractivity contribution in [2.45, 2.75) is 44.9 Å². The van der Waals surface area contributed by atoms with Gasteiger partial charge in [0, 0.05) is 23.2 Å². The summed E-state index contributed by atoms with van der Waals surface area (Å²) in [6.45, 7) is 1.59. The van der Waals surface area contributed by atoms with Crippen LogP contribution in [0.1, 0.15) is 59.3 Å². The summed E-state index contributed by atoms with van der Waals surface area (Å²) < 4.78 is 15.5. The Bertz CT molecular complexity index is 918. The van der Waals surface area contributed by atoms with Gasteiger partial charge in [0.15, 0.2) is 5.78 Å². The van der Waals surface area contributed by atoms with Crippen LogP contribution >= 0.6 is 11.6 Å². The van der Waals surface area contributed by atoms with E-state index in [0.29, 0.717) is 11.1 Å². The Hall–Kier alpha value is -1.68. The van der Waals surface area contributed by atoms with Crippen LogP contribution in [0, 0.1) is 11.7 Å². The standard InChI is InChI=1S/C22H23ClFNO4.Li.H/c1-12(10-18(27)28)25-21(14-6-7-14)16-8-9-17(23)19(20(16)24)22(29)15-4-2-13(11-26)3-5-15;;/h2-5,8-9,12,14,21,25-26H,6-7,10-11H2,1H3,(H,27,28);;. The molecular formula is C22H24ClFLiNO4. The minimum atomic E-state index is -0.932. The molecule has 3 rings (SSSR count). The van der Waals surface area contributed by atoms with Crippen LogP contribution in [0.2, 0.25) is 5.02 Å². The van der Waals surface area contributed by atoms with E-state index >= 15 is 4.39 Å². The molecule has 3 N–H and O–H groups in total. The Morgan fingerprint density at radius 2 is 1.83 bits per heavy atom. The van der Waals surface area contributed by atoms with Gasteiger partial charge in [-0.25, -0.2) is 4.39 Å². The fraction of sp³-hybridized carbons (Fsp3) is 0.364. The number of ketones is 1. The summed E-state index contributed by atoms with van der Waals surface area (Å²) in [7, 11) is 0. The summed E-state index contributed by atoms with van der Waals surface area (Å²) in [6.07, 6.45) is 1.73. The third-order valence-corrected chi connectivity index (χ3v) is 5.44. The van der Waals surface area contributed by atoms with Crippen molar-refractivity contribution in [3.63, 3.8) is 0 Å². The topological polar surface area (TPSA) is 86.6 Å². The summed E-state index contributed by atoms with van der Waals surface area (Å²) >= 11 is 6.18. The first-order chi connectivity index (χ1) is 13.8. The number of benzene rings is 2. The molecule has 0 saturated heterocycles. The summed E-state index contributed by atoms with van der Waals surface area (Å²) in [6, 6.07) is 8.60. The van der Waals surface area contributed by atoms with Crippen LogP contribution < -0.4 is 5.32 Å². The van der Waals surface area contributed by atoms with Crippen molar-refractivity contribution in [1.82, 2.24) is 5.32 Å². The van der Waals surface area contributed by atoms with Crippen molar-refractivity contribution in [2.75, 3.05) is 0 Å². The van der Waals surface area contributed by atoms with Gasteiger partial charge in [-0.15, -0.1) is 0 Å². The predicted molar refractivity (Wildman–Crippen MR) is 115 cm³/mol. The molecule has 0 radical (unpaired) electrons. The number of carbonyl (C=O) groups excluding carboxylic acids is 1. The molecule has 2 atom stereocenters. The fourth-order valence-corrected chi connectivity index (χ4v) is 3.69. The third kappa shape index (κ3) is 5.72. The Morgan fingerprint density at radius 1 is 1.20 bits per heavy atom. The molecule has 0 amide bonds. The second-order valence-electron chi connectivity index (χ2n) is 7.49. The van der Waals surface area contributed by atoms with Gasteiger partial charge in [0.05, 0.1) is 23.6 Å². The van der Waals surface area contributed by atoms with Gasteiger partial charge in [0.2, 0.25) is 0 Å². The van der Waals surface area contributed by atoms with E-state index in [2.05, 4.69) is 5.32 Å². The first kappa shape index (κ1) is 24.6. The molecule has 0 spiro atoms. The summed E-state index contributed by atoms with van der Waals surface area (Å²) in [5.41, 5.74) is 1.05. The van der Waals surface area contributed by atoms with E-state index in [4.69, 9.17) is 21.8 Å². The number of carboxylic acids is 1. The molecule has 0 heterocycles. The normalized spacial score (nSPS) is 15.2. The molecule has 1 aliphatic carbocycles. The Kier molecular flexibility index (Phi) is 8.66. The predicted octanol–water partition coefficient (Wildman–Crippen LogP) is 3.46. The number of aliphatic carboxylic acids is 1. The maximum atomic E-state index is 15.5. The molecular weight excluding hydrogens is 404 g/mol. The van der Waals surface area contributed by atoms with Crippen LogP contribution in [0.4, 0.5) is 4.39 Å². The van der Waals surface area contributed by atoms with Gasteiger partial charge in [-0.3, -0.25) is 9.59 Å². The summed E-state index contributed by atoms with van der Waals surface area (Å²) in [4.78, 5) is 23.9. The van der Waals surface area contributed by atoms with Gasteiger partial charge in [0.1, 0.15) is 5.82 Å². The van der Waals surface area contributed by atoms with Gasteiger partial charge in [0.25, 0.3) is 0 Å². The van der Waals surface area contributed by atoms with Crippen LogP contribution in [0.15, 0.2) is 36.4 Å². The van der Waals surface area contributed by atoms with Gasteiger partial charge < -0.3 is 15.5 Å². The number of nitrogens with one attached hydrogen (secondary N) is 1. The molecule has 1 fully saturated rings. The average Bonchev–Trinajstić information content (AvgIpc) is 3.51. The molecule has 8 heteroatoms. The Balaban J connectivity index is 0.00000320. The molecule has 0 aromatic heterocycles. The van der Waals surface area contributed by atoms with Gasteiger partial charge >= 0.3 is 24.8 Å². The van der Waals surface area contributed by atoms with Crippen molar-refractivity contribution in [3.05, 3.63) is 69.5 Å².